The third kappa shape index (κ3) is 1.87. The molecule has 0 spiro atoms. The van der Waals surface area contributed by atoms with Crippen molar-refractivity contribution >= 4 is 11.6 Å². The van der Waals surface area contributed by atoms with Gasteiger partial charge in [0.25, 0.3) is 0 Å². The molecule has 0 radical (unpaired) electrons. The van der Waals surface area contributed by atoms with Crippen LogP contribution in [0.15, 0.2) is 24.3 Å². The smallest absolute Gasteiger partial charge is 0.0406 e. The standard InChI is InChI=1S/C11H14ClN/c1-13-11-6-9(7-11)8-2-4-10(12)5-3-8/h2-5,9,11,13H,6-7H2,1H3. The van der Waals surface area contributed by atoms with Crippen molar-refractivity contribution in [2.24, 2.45) is 0 Å². The molecule has 70 valence electrons. The summed E-state index contributed by atoms with van der Waals surface area (Å²) in [5, 5.41) is 4.11. The minimum atomic E-state index is 0.723. The first-order chi connectivity index (χ1) is 6.29. The summed E-state index contributed by atoms with van der Waals surface area (Å²) < 4.78 is 0. The van der Waals surface area contributed by atoms with Crippen molar-refractivity contribution in [1.82, 2.24) is 5.32 Å². The molecule has 1 aliphatic carbocycles. The van der Waals surface area contributed by atoms with E-state index in [0.29, 0.717) is 0 Å². The normalized spacial score (nSPS) is 26.9. The summed E-state index contributed by atoms with van der Waals surface area (Å²) in [6, 6.07) is 8.95. The fourth-order valence-corrected chi connectivity index (χ4v) is 1.99. The second-order valence-corrected chi connectivity index (χ2v) is 4.14. The van der Waals surface area contributed by atoms with Gasteiger partial charge in [0.15, 0.2) is 0 Å². The summed E-state index contributed by atoms with van der Waals surface area (Å²) in [4.78, 5) is 0. The van der Waals surface area contributed by atoms with Crippen molar-refractivity contribution < 1.29 is 0 Å². The maximum absolute atomic E-state index is 5.82. The lowest BCUT2D eigenvalue weighted by atomic mass is 9.76. The Morgan fingerprint density at radius 3 is 2.38 bits per heavy atom. The Labute approximate surface area is 84.1 Å². The van der Waals surface area contributed by atoms with E-state index in [-0.39, 0.29) is 0 Å². The number of benzene rings is 1. The van der Waals surface area contributed by atoms with Crippen LogP contribution in [0, 0.1) is 0 Å². The Morgan fingerprint density at radius 1 is 1.23 bits per heavy atom. The van der Waals surface area contributed by atoms with Gasteiger partial charge in [0.2, 0.25) is 0 Å². The number of nitrogens with one attached hydrogen (secondary N) is 1. The molecule has 0 aliphatic heterocycles. The Balaban J connectivity index is 1.99. The summed E-state index contributed by atoms with van der Waals surface area (Å²) in [6.45, 7) is 0. The van der Waals surface area contributed by atoms with E-state index in [1.807, 2.05) is 19.2 Å². The molecule has 0 saturated heterocycles. The van der Waals surface area contributed by atoms with Crippen LogP contribution in [0.5, 0.6) is 0 Å². The molecular formula is C11H14ClN. The Kier molecular flexibility index (Phi) is 2.56. The molecule has 1 aliphatic rings. The molecule has 0 atom stereocenters. The van der Waals surface area contributed by atoms with E-state index in [1.165, 1.54) is 18.4 Å². The van der Waals surface area contributed by atoms with Gasteiger partial charge in [-0.2, -0.15) is 0 Å². The van der Waals surface area contributed by atoms with Crippen LogP contribution in [0.3, 0.4) is 0 Å². The van der Waals surface area contributed by atoms with E-state index in [1.54, 1.807) is 0 Å². The predicted octanol–water partition coefficient (Wildman–Crippen LogP) is 2.81. The molecule has 1 aromatic carbocycles. The second kappa shape index (κ2) is 3.69. The van der Waals surface area contributed by atoms with E-state index in [4.69, 9.17) is 11.6 Å². The maximum Gasteiger partial charge on any atom is 0.0406 e. The Morgan fingerprint density at radius 2 is 1.85 bits per heavy atom. The average molecular weight is 196 g/mol. The van der Waals surface area contributed by atoms with Crippen molar-refractivity contribution in [3.8, 4) is 0 Å². The monoisotopic (exact) mass is 195 g/mol. The Bertz CT molecular complexity index is 275. The van der Waals surface area contributed by atoms with Crippen LogP contribution in [0.25, 0.3) is 0 Å². The van der Waals surface area contributed by atoms with Crippen LogP contribution >= 0.6 is 11.6 Å². The maximum atomic E-state index is 5.82. The average Bonchev–Trinajstić information content (AvgIpc) is 2.06. The van der Waals surface area contributed by atoms with Gasteiger partial charge in [0.05, 0.1) is 0 Å². The first kappa shape index (κ1) is 9.04. The second-order valence-electron chi connectivity index (χ2n) is 3.71. The van der Waals surface area contributed by atoms with Crippen LogP contribution in [0.4, 0.5) is 0 Å². The van der Waals surface area contributed by atoms with E-state index >= 15 is 0 Å². The van der Waals surface area contributed by atoms with Crippen molar-refractivity contribution in [3.05, 3.63) is 34.9 Å². The topological polar surface area (TPSA) is 12.0 Å². The molecule has 1 aromatic rings. The molecular weight excluding hydrogens is 182 g/mol. The Hall–Kier alpha value is -0.530. The molecule has 2 rings (SSSR count). The van der Waals surface area contributed by atoms with Crippen molar-refractivity contribution in [2.45, 2.75) is 24.8 Å². The van der Waals surface area contributed by atoms with Gasteiger partial charge in [-0.15, -0.1) is 0 Å². The SMILES string of the molecule is CNC1CC(c2ccc(Cl)cc2)C1. The zero-order valence-corrected chi connectivity index (χ0v) is 8.51. The molecule has 0 aromatic heterocycles. The minimum absolute atomic E-state index is 0.723. The van der Waals surface area contributed by atoms with E-state index in [0.717, 1.165) is 17.0 Å². The molecule has 13 heavy (non-hydrogen) atoms. The molecule has 0 heterocycles. The van der Waals surface area contributed by atoms with Gasteiger partial charge in [-0.25, -0.2) is 0 Å². The molecule has 0 bridgehead atoms. The molecule has 1 N–H and O–H groups in total. The zero-order valence-electron chi connectivity index (χ0n) is 7.76. The highest BCUT2D eigenvalue weighted by Gasteiger charge is 2.28. The van der Waals surface area contributed by atoms with Gasteiger partial charge in [-0.05, 0) is 43.5 Å². The molecule has 1 saturated carbocycles. The molecule has 1 fully saturated rings. The van der Waals surface area contributed by atoms with Gasteiger partial charge in [-0.3, -0.25) is 0 Å². The van der Waals surface area contributed by atoms with Crippen LogP contribution in [-0.4, -0.2) is 13.1 Å². The van der Waals surface area contributed by atoms with Crippen molar-refractivity contribution in [3.63, 3.8) is 0 Å². The summed E-state index contributed by atoms with van der Waals surface area (Å²) >= 11 is 5.82. The van der Waals surface area contributed by atoms with Gasteiger partial charge in [0, 0.05) is 11.1 Å². The van der Waals surface area contributed by atoms with Crippen LogP contribution in [0.2, 0.25) is 5.02 Å². The number of hydrogen-bond acceptors (Lipinski definition) is 1. The highest BCUT2D eigenvalue weighted by molar-refractivity contribution is 6.30. The van der Waals surface area contributed by atoms with Crippen LogP contribution < -0.4 is 5.32 Å². The largest absolute Gasteiger partial charge is 0.317 e. The van der Waals surface area contributed by atoms with E-state index in [2.05, 4.69) is 17.4 Å². The number of hydrogen-bond donors (Lipinski definition) is 1. The minimum Gasteiger partial charge on any atom is -0.317 e. The van der Waals surface area contributed by atoms with Crippen molar-refractivity contribution in [1.29, 1.82) is 0 Å². The van der Waals surface area contributed by atoms with Gasteiger partial charge < -0.3 is 5.32 Å². The molecule has 0 unspecified atom stereocenters. The molecule has 1 nitrogen and oxygen atoms in total. The summed E-state index contributed by atoms with van der Waals surface area (Å²) in [6.07, 6.45) is 2.52. The third-order valence-electron chi connectivity index (χ3n) is 2.89. The zero-order chi connectivity index (χ0) is 9.26. The summed E-state index contributed by atoms with van der Waals surface area (Å²) in [7, 11) is 2.03. The number of rotatable bonds is 2. The van der Waals surface area contributed by atoms with E-state index in [9.17, 15) is 0 Å². The van der Waals surface area contributed by atoms with Gasteiger partial charge in [-0.1, -0.05) is 23.7 Å². The summed E-state index contributed by atoms with van der Waals surface area (Å²) in [5.74, 6) is 0.745. The predicted molar refractivity (Wildman–Crippen MR) is 56.3 cm³/mol. The molecule has 0 amide bonds. The third-order valence-corrected chi connectivity index (χ3v) is 3.14. The first-order valence-corrected chi connectivity index (χ1v) is 5.10. The van der Waals surface area contributed by atoms with Crippen molar-refractivity contribution in [2.75, 3.05) is 7.05 Å². The quantitative estimate of drug-likeness (QED) is 0.766. The summed E-state index contributed by atoms with van der Waals surface area (Å²) in [5.41, 5.74) is 1.43. The first-order valence-electron chi connectivity index (χ1n) is 4.72. The highest BCUT2D eigenvalue weighted by Crippen LogP contribution is 2.36. The van der Waals surface area contributed by atoms with Gasteiger partial charge in [0.1, 0.15) is 0 Å². The van der Waals surface area contributed by atoms with Crippen LogP contribution in [-0.2, 0) is 0 Å². The lowest BCUT2D eigenvalue weighted by Gasteiger charge is -2.35. The fourth-order valence-electron chi connectivity index (χ4n) is 1.86. The fraction of sp³-hybridized carbons (Fsp3) is 0.455. The molecule has 2 heteroatoms. The van der Waals surface area contributed by atoms with Crippen LogP contribution in [0.1, 0.15) is 24.3 Å². The van der Waals surface area contributed by atoms with E-state index < -0.39 is 0 Å². The highest BCUT2D eigenvalue weighted by atomic mass is 35.5. The lowest BCUT2D eigenvalue weighted by molar-refractivity contribution is 0.307. The van der Waals surface area contributed by atoms with Gasteiger partial charge >= 0.3 is 0 Å². The lowest BCUT2D eigenvalue weighted by Crippen LogP contribution is -2.37. The number of halogens is 1.